The van der Waals surface area contributed by atoms with Crippen LogP contribution in [0, 0.1) is 0 Å². The molecule has 0 saturated carbocycles. The van der Waals surface area contributed by atoms with E-state index >= 15 is 0 Å². The number of methoxy groups -OCH3 is 1. The number of ether oxygens (including phenoxy) is 2. The molecule has 0 aliphatic rings. The molecule has 6 nitrogen and oxygen atoms in total. The van der Waals surface area contributed by atoms with Crippen LogP contribution in [0.2, 0.25) is 10.0 Å². The minimum absolute atomic E-state index is 0.218. The Morgan fingerprint density at radius 3 is 2.24 bits per heavy atom. The first-order valence-electron chi connectivity index (χ1n) is 10.7. The molecule has 1 atom stereocenters. The van der Waals surface area contributed by atoms with Crippen LogP contribution in [-0.2, 0) is 22.7 Å². The molecule has 34 heavy (non-hydrogen) atoms. The van der Waals surface area contributed by atoms with Crippen molar-refractivity contribution in [2.24, 2.45) is 0 Å². The van der Waals surface area contributed by atoms with Gasteiger partial charge in [0.05, 0.1) is 12.1 Å². The van der Waals surface area contributed by atoms with E-state index in [9.17, 15) is 9.59 Å². The lowest BCUT2D eigenvalue weighted by Crippen LogP contribution is -2.48. The first-order valence-corrected chi connectivity index (χ1v) is 11.5. The maximum atomic E-state index is 13.2. The summed E-state index contributed by atoms with van der Waals surface area (Å²) >= 11 is 12.3. The van der Waals surface area contributed by atoms with Gasteiger partial charge in [-0.25, -0.2) is 0 Å². The number of carbonyl (C=O) groups excluding carboxylic acids is 2. The molecule has 3 rings (SSSR count). The molecule has 0 aliphatic heterocycles. The van der Waals surface area contributed by atoms with Gasteiger partial charge in [0, 0.05) is 18.1 Å². The van der Waals surface area contributed by atoms with Crippen LogP contribution in [-0.4, -0.2) is 36.5 Å². The van der Waals surface area contributed by atoms with Crippen molar-refractivity contribution in [3.8, 4) is 11.5 Å². The number of carbonyl (C=O) groups is 2. The summed E-state index contributed by atoms with van der Waals surface area (Å²) in [6, 6.07) is 20.7. The Hall–Kier alpha value is -3.22. The predicted molar refractivity (Wildman–Crippen MR) is 133 cm³/mol. The summed E-state index contributed by atoms with van der Waals surface area (Å²) in [7, 11) is 1.59. The molecule has 2 amide bonds. The van der Waals surface area contributed by atoms with Crippen LogP contribution in [0.3, 0.4) is 0 Å². The Kier molecular flexibility index (Phi) is 9.19. The summed E-state index contributed by atoms with van der Waals surface area (Å²) in [5.74, 6) is 0.447. The van der Waals surface area contributed by atoms with Crippen molar-refractivity contribution in [3.05, 3.63) is 94.0 Å². The monoisotopic (exact) mass is 500 g/mol. The van der Waals surface area contributed by atoms with Gasteiger partial charge in [0.25, 0.3) is 5.91 Å². The quantitative estimate of drug-likeness (QED) is 0.419. The number of para-hydroxylation sites is 1. The number of rotatable bonds is 10. The Balaban J connectivity index is 1.73. The molecule has 1 unspecified atom stereocenters. The minimum Gasteiger partial charge on any atom is -0.497 e. The Bertz CT molecular complexity index is 1120. The predicted octanol–water partition coefficient (Wildman–Crippen LogP) is 5.11. The topological polar surface area (TPSA) is 67.9 Å². The molecule has 0 spiro atoms. The number of hydrogen-bond donors (Lipinski definition) is 1. The highest BCUT2D eigenvalue weighted by Crippen LogP contribution is 2.23. The highest BCUT2D eigenvalue weighted by molar-refractivity contribution is 6.32. The SMILES string of the molecule is COc1ccc(CN(C(=O)COc2ccccc2Cl)C(C)C(=O)NCc2ccccc2Cl)cc1. The zero-order valence-corrected chi connectivity index (χ0v) is 20.5. The van der Waals surface area contributed by atoms with Crippen molar-refractivity contribution in [3.63, 3.8) is 0 Å². The Labute approximate surface area is 209 Å². The first-order chi connectivity index (χ1) is 16.4. The minimum atomic E-state index is -0.757. The molecule has 0 aromatic heterocycles. The molecule has 0 bridgehead atoms. The fourth-order valence-electron chi connectivity index (χ4n) is 3.27. The lowest BCUT2D eigenvalue weighted by atomic mass is 10.1. The smallest absolute Gasteiger partial charge is 0.261 e. The molecule has 178 valence electrons. The van der Waals surface area contributed by atoms with Crippen LogP contribution in [0.1, 0.15) is 18.1 Å². The van der Waals surface area contributed by atoms with Gasteiger partial charge in [0.1, 0.15) is 17.5 Å². The van der Waals surface area contributed by atoms with Gasteiger partial charge in [-0.05, 0) is 48.4 Å². The molecule has 0 radical (unpaired) electrons. The van der Waals surface area contributed by atoms with Crippen molar-refractivity contribution in [2.75, 3.05) is 13.7 Å². The third-order valence-electron chi connectivity index (χ3n) is 5.28. The number of nitrogens with one attached hydrogen (secondary N) is 1. The van der Waals surface area contributed by atoms with Crippen molar-refractivity contribution in [1.29, 1.82) is 0 Å². The molecule has 0 aliphatic carbocycles. The van der Waals surface area contributed by atoms with Crippen LogP contribution in [0.25, 0.3) is 0 Å². The molecule has 8 heteroatoms. The van der Waals surface area contributed by atoms with Gasteiger partial charge in [-0.1, -0.05) is 65.7 Å². The van der Waals surface area contributed by atoms with Crippen LogP contribution < -0.4 is 14.8 Å². The average molecular weight is 501 g/mol. The van der Waals surface area contributed by atoms with Crippen LogP contribution >= 0.6 is 23.2 Å². The second kappa shape index (κ2) is 12.3. The average Bonchev–Trinajstić information content (AvgIpc) is 2.86. The fourth-order valence-corrected chi connectivity index (χ4v) is 3.66. The van der Waals surface area contributed by atoms with Crippen molar-refractivity contribution in [2.45, 2.75) is 26.1 Å². The zero-order valence-electron chi connectivity index (χ0n) is 19.0. The van der Waals surface area contributed by atoms with Gasteiger partial charge in [0.2, 0.25) is 5.91 Å². The molecular weight excluding hydrogens is 475 g/mol. The number of nitrogens with zero attached hydrogens (tertiary/aromatic N) is 1. The first kappa shape index (κ1) is 25.4. The van der Waals surface area contributed by atoms with Gasteiger partial charge in [-0.2, -0.15) is 0 Å². The van der Waals surface area contributed by atoms with E-state index in [1.807, 2.05) is 30.3 Å². The summed E-state index contributed by atoms with van der Waals surface area (Å²) in [6.45, 7) is 1.89. The lowest BCUT2D eigenvalue weighted by molar-refractivity contribution is -0.142. The van der Waals surface area contributed by atoms with E-state index in [1.54, 1.807) is 56.5 Å². The molecule has 0 fully saturated rings. The van der Waals surface area contributed by atoms with Gasteiger partial charge >= 0.3 is 0 Å². The van der Waals surface area contributed by atoms with E-state index < -0.39 is 6.04 Å². The Morgan fingerprint density at radius 1 is 0.941 bits per heavy atom. The second-order valence-electron chi connectivity index (χ2n) is 7.57. The normalized spacial score (nSPS) is 11.4. The summed E-state index contributed by atoms with van der Waals surface area (Å²) in [5.41, 5.74) is 1.64. The van der Waals surface area contributed by atoms with Gasteiger partial charge in [-0.3, -0.25) is 9.59 Å². The number of hydrogen-bond acceptors (Lipinski definition) is 4. The van der Waals surface area contributed by atoms with E-state index in [1.165, 1.54) is 4.90 Å². The summed E-state index contributed by atoms with van der Waals surface area (Å²) in [6.07, 6.45) is 0. The molecule has 3 aromatic carbocycles. The van der Waals surface area contributed by atoms with E-state index in [-0.39, 0.29) is 31.5 Å². The van der Waals surface area contributed by atoms with Crippen LogP contribution in [0.4, 0.5) is 0 Å². The Morgan fingerprint density at radius 2 is 1.59 bits per heavy atom. The molecule has 0 saturated heterocycles. The number of benzene rings is 3. The van der Waals surface area contributed by atoms with E-state index in [2.05, 4.69) is 5.32 Å². The lowest BCUT2D eigenvalue weighted by Gasteiger charge is -2.29. The number of amides is 2. The molecule has 1 N–H and O–H groups in total. The maximum Gasteiger partial charge on any atom is 0.261 e. The van der Waals surface area contributed by atoms with Crippen molar-refractivity contribution >= 4 is 35.0 Å². The van der Waals surface area contributed by atoms with E-state index in [4.69, 9.17) is 32.7 Å². The largest absolute Gasteiger partial charge is 0.497 e. The van der Waals surface area contributed by atoms with E-state index in [0.29, 0.717) is 21.5 Å². The number of halogens is 2. The highest BCUT2D eigenvalue weighted by atomic mass is 35.5. The van der Waals surface area contributed by atoms with Gasteiger partial charge in [0.15, 0.2) is 6.61 Å². The summed E-state index contributed by atoms with van der Waals surface area (Å²) in [5, 5.41) is 3.83. The van der Waals surface area contributed by atoms with Crippen LogP contribution in [0.15, 0.2) is 72.8 Å². The maximum absolute atomic E-state index is 13.2. The van der Waals surface area contributed by atoms with Gasteiger partial charge in [-0.15, -0.1) is 0 Å². The highest BCUT2D eigenvalue weighted by Gasteiger charge is 2.26. The van der Waals surface area contributed by atoms with Crippen LogP contribution in [0.5, 0.6) is 11.5 Å². The molecule has 3 aromatic rings. The third-order valence-corrected chi connectivity index (χ3v) is 5.96. The van der Waals surface area contributed by atoms with Crippen molar-refractivity contribution in [1.82, 2.24) is 10.2 Å². The fraction of sp³-hybridized carbons (Fsp3) is 0.231. The van der Waals surface area contributed by atoms with Gasteiger partial charge < -0.3 is 19.7 Å². The molecular formula is C26H26Cl2N2O4. The summed E-state index contributed by atoms with van der Waals surface area (Å²) in [4.78, 5) is 27.6. The van der Waals surface area contributed by atoms with Crippen molar-refractivity contribution < 1.29 is 19.1 Å². The standard InChI is InChI=1S/C26H26Cl2N2O4/c1-18(26(32)29-15-20-7-3-4-8-22(20)27)30(16-19-11-13-21(33-2)14-12-19)25(31)17-34-24-10-6-5-9-23(24)28/h3-14,18H,15-17H2,1-2H3,(H,29,32). The third kappa shape index (κ3) is 6.89. The second-order valence-corrected chi connectivity index (χ2v) is 8.39. The zero-order chi connectivity index (χ0) is 24.5. The molecule has 0 heterocycles. The summed E-state index contributed by atoms with van der Waals surface area (Å²) < 4.78 is 10.8. The van der Waals surface area contributed by atoms with E-state index in [0.717, 1.165) is 11.1 Å².